The number of benzene rings is 1. The Balaban J connectivity index is 0.00000274. The highest BCUT2D eigenvalue weighted by molar-refractivity contribution is 14.0. The van der Waals surface area contributed by atoms with Crippen molar-refractivity contribution < 1.29 is 9.59 Å². The summed E-state index contributed by atoms with van der Waals surface area (Å²) in [7, 11) is 1.76. The molecule has 5 atom stereocenters. The van der Waals surface area contributed by atoms with Gasteiger partial charge >= 0.3 is 0 Å². The van der Waals surface area contributed by atoms with Crippen molar-refractivity contribution in [3.05, 3.63) is 48.0 Å². The average Bonchev–Trinajstić information content (AvgIpc) is 3.62. The maximum absolute atomic E-state index is 12.8. The van der Waals surface area contributed by atoms with Gasteiger partial charge in [0.15, 0.2) is 5.96 Å². The molecule has 5 unspecified atom stereocenters. The van der Waals surface area contributed by atoms with Crippen LogP contribution < -0.4 is 10.6 Å². The summed E-state index contributed by atoms with van der Waals surface area (Å²) in [6.45, 7) is 5.15. The van der Waals surface area contributed by atoms with Crippen LogP contribution in [0.15, 0.2) is 47.5 Å². The first-order valence-corrected chi connectivity index (χ1v) is 12.4. The number of imide groups is 1. The Kier molecular flexibility index (Phi) is 8.29. The predicted molar refractivity (Wildman–Crippen MR) is 144 cm³/mol. The Morgan fingerprint density at radius 3 is 2.41 bits per heavy atom. The molecular formula is C26H36IN5O2. The zero-order chi connectivity index (χ0) is 22.8. The fourth-order valence-electron chi connectivity index (χ4n) is 6.15. The number of fused-ring (bicyclic) bond motifs is 5. The summed E-state index contributed by atoms with van der Waals surface area (Å²) in [5.74, 6) is 1.68. The largest absolute Gasteiger partial charge is 0.356 e. The molecule has 2 N–H and O–H groups in total. The molecule has 2 aliphatic carbocycles. The number of nitrogens with zero attached hydrogens (tertiary/aromatic N) is 3. The van der Waals surface area contributed by atoms with E-state index < -0.39 is 0 Å². The maximum atomic E-state index is 12.8. The Labute approximate surface area is 219 Å². The van der Waals surface area contributed by atoms with Gasteiger partial charge in [0, 0.05) is 39.8 Å². The fraction of sp³-hybridized carbons (Fsp3) is 0.577. The van der Waals surface area contributed by atoms with Crippen molar-refractivity contribution in [2.75, 3.05) is 46.3 Å². The third-order valence-electron chi connectivity index (χ3n) is 7.90. The van der Waals surface area contributed by atoms with E-state index in [4.69, 9.17) is 0 Å². The van der Waals surface area contributed by atoms with Crippen LogP contribution in [0.25, 0.3) is 0 Å². The van der Waals surface area contributed by atoms with E-state index >= 15 is 0 Å². The summed E-state index contributed by atoms with van der Waals surface area (Å²) in [5.41, 5.74) is 1.39. The van der Waals surface area contributed by atoms with Crippen molar-refractivity contribution in [1.29, 1.82) is 0 Å². The number of amides is 2. The number of carbonyl (C=O) groups is 2. The van der Waals surface area contributed by atoms with Gasteiger partial charge in [-0.25, -0.2) is 0 Å². The van der Waals surface area contributed by atoms with Crippen LogP contribution in [-0.4, -0.2) is 73.9 Å². The van der Waals surface area contributed by atoms with E-state index in [0.29, 0.717) is 19.0 Å². The zero-order valence-corrected chi connectivity index (χ0v) is 22.2. The van der Waals surface area contributed by atoms with Gasteiger partial charge < -0.3 is 15.5 Å². The summed E-state index contributed by atoms with van der Waals surface area (Å²) in [4.78, 5) is 33.9. The lowest BCUT2D eigenvalue weighted by atomic mass is 9.85. The summed E-state index contributed by atoms with van der Waals surface area (Å²) >= 11 is 0. The average molecular weight is 578 g/mol. The summed E-state index contributed by atoms with van der Waals surface area (Å²) in [6.07, 6.45) is 7.53. The van der Waals surface area contributed by atoms with Crippen molar-refractivity contribution in [3.8, 4) is 0 Å². The van der Waals surface area contributed by atoms with Gasteiger partial charge in [-0.2, -0.15) is 0 Å². The molecule has 7 nitrogen and oxygen atoms in total. The van der Waals surface area contributed by atoms with Gasteiger partial charge in [-0.1, -0.05) is 42.5 Å². The number of carbonyl (C=O) groups excluding carboxylic acids is 2. The second-order valence-corrected chi connectivity index (χ2v) is 9.90. The van der Waals surface area contributed by atoms with Crippen molar-refractivity contribution in [3.63, 3.8) is 0 Å². The SMILES string of the molecule is CN=C(NCCN1C(=O)C2C3C=CC(C3)C2C1=O)NCC1CCN(CCc2ccccc2)C1.I. The minimum atomic E-state index is -0.114. The van der Waals surface area contributed by atoms with Gasteiger partial charge in [-0.15, -0.1) is 24.0 Å². The third-order valence-corrected chi connectivity index (χ3v) is 7.90. The normalized spacial score (nSPS) is 30.1. The first-order chi connectivity index (χ1) is 16.1. The van der Waals surface area contributed by atoms with Crippen molar-refractivity contribution in [1.82, 2.24) is 20.4 Å². The van der Waals surface area contributed by atoms with Crippen LogP contribution >= 0.6 is 24.0 Å². The summed E-state index contributed by atoms with van der Waals surface area (Å²) in [5, 5.41) is 6.72. The minimum absolute atomic E-state index is 0. The number of guanidine groups is 1. The topological polar surface area (TPSA) is 77.0 Å². The predicted octanol–water partition coefficient (Wildman–Crippen LogP) is 2.14. The molecule has 2 aliphatic heterocycles. The number of halogens is 1. The molecule has 2 bridgehead atoms. The third kappa shape index (κ3) is 5.17. The summed E-state index contributed by atoms with van der Waals surface area (Å²) in [6, 6.07) is 10.7. The molecule has 2 heterocycles. The Bertz CT molecular complexity index is 906. The zero-order valence-electron chi connectivity index (χ0n) is 19.9. The van der Waals surface area contributed by atoms with E-state index in [1.165, 1.54) is 16.9 Å². The second kappa shape index (κ2) is 11.2. The molecule has 5 rings (SSSR count). The van der Waals surface area contributed by atoms with E-state index in [-0.39, 0.29) is 59.5 Å². The molecule has 2 amide bonds. The molecule has 8 heteroatoms. The second-order valence-electron chi connectivity index (χ2n) is 9.90. The highest BCUT2D eigenvalue weighted by atomic mass is 127. The Morgan fingerprint density at radius 1 is 1.03 bits per heavy atom. The van der Waals surface area contributed by atoms with Crippen LogP contribution in [0.1, 0.15) is 18.4 Å². The molecule has 0 radical (unpaired) electrons. The molecule has 3 fully saturated rings. The Hall–Kier alpha value is -1.94. The van der Waals surface area contributed by atoms with E-state index in [9.17, 15) is 9.59 Å². The van der Waals surface area contributed by atoms with Gasteiger partial charge in [-0.05, 0) is 49.1 Å². The van der Waals surface area contributed by atoms with Crippen LogP contribution in [0.5, 0.6) is 0 Å². The molecule has 1 aromatic carbocycles. The van der Waals surface area contributed by atoms with Crippen LogP contribution in [0.2, 0.25) is 0 Å². The number of hydrogen-bond donors (Lipinski definition) is 2. The van der Waals surface area contributed by atoms with Crippen LogP contribution in [0, 0.1) is 29.6 Å². The monoisotopic (exact) mass is 577 g/mol. The number of aliphatic imine (C=N–C) groups is 1. The van der Waals surface area contributed by atoms with Gasteiger partial charge in [0.05, 0.1) is 11.8 Å². The molecule has 34 heavy (non-hydrogen) atoms. The first kappa shape index (κ1) is 25.2. The van der Waals surface area contributed by atoms with E-state index in [2.05, 4.69) is 63.0 Å². The van der Waals surface area contributed by atoms with E-state index in [1.807, 2.05) is 0 Å². The van der Waals surface area contributed by atoms with Gasteiger partial charge in [0.1, 0.15) is 0 Å². The van der Waals surface area contributed by atoms with Crippen LogP contribution in [0.3, 0.4) is 0 Å². The number of nitrogens with one attached hydrogen (secondary N) is 2. The quantitative estimate of drug-likeness (QED) is 0.163. The highest BCUT2D eigenvalue weighted by Crippen LogP contribution is 2.52. The van der Waals surface area contributed by atoms with Gasteiger partial charge in [0.2, 0.25) is 11.8 Å². The van der Waals surface area contributed by atoms with E-state index in [1.54, 1.807) is 7.05 Å². The molecule has 1 aromatic rings. The number of likely N-dealkylation sites (tertiary alicyclic amines) is 2. The van der Waals surface area contributed by atoms with Crippen molar-refractivity contribution in [2.45, 2.75) is 19.3 Å². The van der Waals surface area contributed by atoms with Crippen LogP contribution in [-0.2, 0) is 16.0 Å². The van der Waals surface area contributed by atoms with Gasteiger partial charge in [0.25, 0.3) is 0 Å². The molecular weight excluding hydrogens is 541 g/mol. The maximum Gasteiger partial charge on any atom is 0.233 e. The van der Waals surface area contributed by atoms with Gasteiger partial charge in [-0.3, -0.25) is 19.5 Å². The summed E-state index contributed by atoms with van der Waals surface area (Å²) < 4.78 is 0. The fourth-order valence-corrected chi connectivity index (χ4v) is 6.15. The molecule has 0 aromatic heterocycles. The standard InChI is InChI=1S/C26H35N5O2.HI/c1-27-26(29-16-19-10-13-30(17-19)12-9-18-5-3-2-4-6-18)28-11-14-31-24(32)22-20-7-8-21(15-20)23(22)25(31)33;/h2-8,19-23H,9-17H2,1H3,(H2,27,28,29);1H. The number of rotatable bonds is 8. The first-order valence-electron chi connectivity index (χ1n) is 12.4. The number of hydrogen-bond acceptors (Lipinski definition) is 4. The van der Waals surface area contributed by atoms with Crippen molar-refractivity contribution >= 4 is 41.8 Å². The molecule has 184 valence electrons. The molecule has 0 spiro atoms. The minimum Gasteiger partial charge on any atom is -0.356 e. The Morgan fingerprint density at radius 2 is 1.74 bits per heavy atom. The van der Waals surface area contributed by atoms with Crippen LogP contribution in [0.4, 0.5) is 0 Å². The highest BCUT2D eigenvalue weighted by Gasteiger charge is 2.58. The molecule has 2 saturated heterocycles. The lowest BCUT2D eigenvalue weighted by Gasteiger charge is -2.20. The number of allylic oxidation sites excluding steroid dienone is 2. The lowest BCUT2D eigenvalue weighted by molar-refractivity contribution is -0.140. The lowest BCUT2D eigenvalue weighted by Crippen LogP contribution is -2.45. The smallest absolute Gasteiger partial charge is 0.233 e. The molecule has 4 aliphatic rings. The van der Waals surface area contributed by atoms with E-state index in [0.717, 1.165) is 45.0 Å². The van der Waals surface area contributed by atoms with Crippen molar-refractivity contribution in [2.24, 2.45) is 34.6 Å². The molecule has 1 saturated carbocycles.